The number of hydrogen-bond donors (Lipinski definition) is 6. The highest BCUT2D eigenvalue weighted by atomic mass is 16.4. The lowest BCUT2D eigenvalue weighted by atomic mass is 10.1. The molecule has 0 saturated heterocycles. The molecule has 3 atom stereocenters. The highest BCUT2D eigenvalue weighted by molar-refractivity contribution is 5.84. The van der Waals surface area contributed by atoms with Gasteiger partial charge in [-0.2, -0.15) is 0 Å². The molecule has 0 amide bonds. The Morgan fingerprint density at radius 3 is 1.81 bits per heavy atom. The first-order chi connectivity index (χ1) is 7.45. The van der Waals surface area contributed by atoms with Crippen molar-refractivity contribution in [1.29, 1.82) is 0 Å². The highest BCUT2D eigenvalue weighted by Gasteiger charge is 2.28. The van der Waals surface area contributed by atoms with Crippen LogP contribution in [0.4, 0.5) is 0 Å². The summed E-state index contributed by atoms with van der Waals surface area (Å²) in [5.41, 5.74) is 0. The summed E-state index contributed by atoms with van der Waals surface area (Å²) in [4.78, 5) is 10.5. The van der Waals surface area contributed by atoms with Gasteiger partial charge in [0.2, 0.25) is 0 Å². The molecule has 0 aromatic rings. The maximum atomic E-state index is 10.5. The van der Waals surface area contributed by atoms with Crippen molar-refractivity contribution in [2.75, 3.05) is 19.8 Å². The molecular weight excluding hydrogens is 220 g/mol. The van der Waals surface area contributed by atoms with Gasteiger partial charge in [0.25, 0.3) is 0 Å². The van der Waals surface area contributed by atoms with E-state index in [1.54, 1.807) is 0 Å². The van der Waals surface area contributed by atoms with E-state index in [1.807, 2.05) is 6.92 Å². The minimum atomic E-state index is -1.86. The van der Waals surface area contributed by atoms with Crippen LogP contribution in [0.25, 0.3) is 0 Å². The van der Waals surface area contributed by atoms with Crippen molar-refractivity contribution < 1.29 is 35.4 Å². The number of ketones is 1. The quantitative estimate of drug-likeness (QED) is 0.291. The van der Waals surface area contributed by atoms with Crippen molar-refractivity contribution in [3.63, 3.8) is 0 Å². The van der Waals surface area contributed by atoms with Gasteiger partial charge in [-0.15, -0.1) is 0 Å². The zero-order valence-electron chi connectivity index (χ0n) is 9.15. The molecule has 0 aliphatic rings. The highest BCUT2D eigenvalue weighted by Crippen LogP contribution is 2.00. The lowest BCUT2D eigenvalue weighted by Crippen LogP contribution is -2.44. The van der Waals surface area contributed by atoms with Crippen molar-refractivity contribution in [3.05, 3.63) is 0 Å². The summed E-state index contributed by atoms with van der Waals surface area (Å²) in [5.74, 6) is -1.00. The number of aliphatic hydroxyl groups is 6. The molecule has 0 heterocycles. The van der Waals surface area contributed by atoms with Crippen molar-refractivity contribution in [2.45, 2.75) is 31.7 Å². The Labute approximate surface area is 93.6 Å². The van der Waals surface area contributed by atoms with Crippen LogP contribution in [0.5, 0.6) is 0 Å². The first-order valence-corrected chi connectivity index (χ1v) is 4.85. The standard InChI is InChI=1S/C6H12O6.C3H8O/c7-1-3(9)5(11)6(12)4(10)2-8;1-2-3-4/h3,5-9,11-12H,1-2H2;4H,2-3H2,1H3. The Bertz CT molecular complexity index is 171. The van der Waals surface area contributed by atoms with Crippen molar-refractivity contribution in [1.82, 2.24) is 0 Å². The van der Waals surface area contributed by atoms with Gasteiger partial charge in [0.05, 0.1) is 6.61 Å². The minimum Gasteiger partial charge on any atom is -0.396 e. The Hall–Kier alpha value is -0.570. The second-order valence-electron chi connectivity index (χ2n) is 3.03. The number of carbonyl (C=O) groups excluding carboxylic acids is 1. The molecule has 0 rings (SSSR count). The van der Waals surface area contributed by atoms with Gasteiger partial charge in [0, 0.05) is 6.61 Å². The summed E-state index contributed by atoms with van der Waals surface area (Å²) < 4.78 is 0. The van der Waals surface area contributed by atoms with E-state index in [1.165, 1.54) is 0 Å². The molecule has 0 aromatic heterocycles. The smallest absolute Gasteiger partial charge is 0.189 e. The van der Waals surface area contributed by atoms with E-state index in [2.05, 4.69) is 0 Å². The number of rotatable bonds is 6. The van der Waals surface area contributed by atoms with Crippen molar-refractivity contribution in [2.24, 2.45) is 0 Å². The molecular formula is C9H20O7. The molecule has 16 heavy (non-hydrogen) atoms. The van der Waals surface area contributed by atoms with Crippen LogP contribution in [-0.2, 0) is 4.79 Å². The Morgan fingerprint density at radius 2 is 1.56 bits per heavy atom. The van der Waals surface area contributed by atoms with E-state index in [9.17, 15) is 4.79 Å². The average molecular weight is 240 g/mol. The molecule has 0 radical (unpaired) electrons. The number of hydrogen-bond acceptors (Lipinski definition) is 7. The van der Waals surface area contributed by atoms with E-state index in [-0.39, 0.29) is 0 Å². The third kappa shape index (κ3) is 7.69. The normalized spacial score (nSPS) is 15.7. The molecule has 6 N–H and O–H groups in total. The van der Waals surface area contributed by atoms with E-state index in [0.29, 0.717) is 6.61 Å². The Morgan fingerprint density at radius 1 is 1.12 bits per heavy atom. The summed E-state index contributed by atoms with van der Waals surface area (Å²) in [6.07, 6.45) is -4.35. The van der Waals surface area contributed by atoms with E-state index >= 15 is 0 Å². The van der Waals surface area contributed by atoms with Gasteiger partial charge in [-0.1, -0.05) is 6.92 Å². The fourth-order valence-electron chi connectivity index (χ4n) is 0.602. The third-order valence-corrected chi connectivity index (χ3v) is 1.61. The van der Waals surface area contributed by atoms with Crippen LogP contribution >= 0.6 is 0 Å². The van der Waals surface area contributed by atoms with Gasteiger partial charge in [-0.05, 0) is 6.42 Å². The second kappa shape index (κ2) is 10.9. The monoisotopic (exact) mass is 240 g/mol. The van der Waals surface area contributed by atoms with Crippen LogP contribution in [0.2, 0.25) is 0 Å². The zero-order valence-corrected chi connectivity index (χ0v) is 9.15. The zero-order chi connectivity index (χ0) is 13.1. The number of aliphatic hydroxyl groups excluding tert-OH is 6. The predicted octanol–water partition coefficient (Wildman–Crippen LogP) is -2.99. The molecule has 98 valence electrons. The van der Waals surface area contributed by atoms with Gasteiger partial charge in [-0.25, -0.2) is 0 Å². The SMILES string of the molecule is CCCO.O=C(CO)C(O)C(O)C(O)CO. The van der Waals surface area contributed by atoms with Crippen LogP contribution in [0.1, 0.15) is 13.3 Å². The van der Waals surface area contributed by atoms with Crippen LogP contribution in [0.15, 0.2) is 0 Å². The molecule has 3 unspecified atom stereocenters. The fourth-order valence-corrected chi connectivity index (χ4v) is 0.602. The molecule has 0 spiro atoms. The molecule has 7 heteroatoms. The second-order valence-corrected chi connectivity index (χ2v) is 3.03. The van der Waals surface area contributed by atoms with E-state index in [0.717, 1.165) is 6.42 Å². The maximum Gasteiger partial charge on any atom is 0.189 e. The maximum absolute atomic E-state index is 10.5. The molecule has 0 aromatic carbocycles. The predicted molar refractivity (Wildman–Crippen MR) is 54.6 cm³/mol. The van der Waals surface area contributed by atoms with Crippen LogP contribution in [0, 0.1) is 0 Å². The van der Waals surface area contributed by atoms with Gasteiger partial charge in [-0.3, -0.25) is 4.79 Å². The Balaban J connectivity index is 0. The van der Waals surface area contributed by atoms with Crippen LogP contribution < -0.4 is 0 Å². The van der Waals surface area contributed by atoms with Gasteiger partial charge in [0.15, 0.2) is 5.78 Å². The average Bonchev–Trinajstić information content (AvgIpc) is 2.34. The third-order valence-electron chi connectivity index (χ3n) is 1.61. The van der Waals surface area contributed by atoms with Crippen molar-refractivity contribution in [3.8, 4) is 0 Å². The lowest BCUT2D eigenvalue weighted by Gasteiger charge is -2.19. The summed E-state index contributed by atoms with van der Waals surface area (Å²) in [6, 6.07) is 0. The van der Waals surface area contributed by atoms with E-state index in [4.69, 9.17) is 30.6 Å². The molecule has 7 nitrogen and oxygen atoms in total. The lowest BCUT2D eigenvalue weighted by molar-refractivity contribution is -0.142. The molecule has 0 fully saturated rings. The summed E-state index contributed by atoms with van der Waals surface area (Å²) in [7, 11) is 0. The summed E-state index contributed by atoms with van der Waals surface area (Å²) in [6.45, 7) is 0.563. The largest absolute Gasteiger partial charge is 0.396 e. The van der Waals surface area contributed by atoms with Crippen molar-refractivity contribution >= 4 is 5.78 Å². The molecule has 0 aliphatic carbocycles. The molecule has 0 saturated carbocycles. The first kappa shape index (κ1) is 17.8. The fraction of sp³-hybridized carbons (Fsp3) is 0.889. The van der Waals surface area contributed by atoms with Crippen LogP contribution in [-0.4, -0.2) is 74.6 Å². The minimum absolute atomic E-state index is 0.319. The molecule has 0 bridgehead atoms. The Kier molecular flexibility index (Phi) is 12.2. The molecule has 0 aliphatic heterocycles. The number of Topliss-reactive ketones (excluding diaryl/α,β-unsaturated/α-hetero) is 1. The van der Waals surface area contributed by atoms with Gasteiger partial charge < -0.3 is 30.6 Å². The van der Waals surface area contributed by atoms with Crippen LogP contribution in [0.3, 0.4) is 0 Å². The topological polar surface area (TPSA) is 138 Å². The number of carbonyl (C=O) groups is 1. The van der Waals surface area contributed by atoms with E-state index < -0.39 is 37.3 Å². The summed E-state index contributed by atoms with van der Waals surface area (Å²) >= 11 is 0. The van der Waals surface area contributed by atoms with Gasteiger partial charge >= 0.3 is 0 Å². The van der Waals surface area contributed by atoms with Gasteiger partial charge in [0.1, 0.15) is 24.9 Å². The first-order valence-electron chi connectivity index (χ1n) is 4.85. The summed E-state index contributed by atoms with van der Waals surface area (Å²) in [5, 5.41) is 50.9.